The number of nitroso groups, excluding NO2 is 1. The van der Waals surface area contributed by atoms with Crippen LogP contribution in [0, 0.1) is 16.2 Å². The van der Waals surface area contributed by atoms with Crippen LogP contribution in [0.3, 0.4) is 0 Å². The minimum absolute atomic E-state index is 0. The van der Waals surface area contributed by atoms with E-state index in [4.69, 9.17) is 5.26 Å². The third-order valence-corrected chi connectivity index (χ3v) is 2.56. The molecule has 5 nitrogen and oxygen atoms in total. The van der Waals surface area contributed by atoms with E-state index in [0.717, 1.165) is 5.56 Å². The van der Waals surface area contributed by atoms with Gasteiger partial charge in [-0.25, -0.2) is 5.01 Å². The number of halogens is 1. The molecule has 0 aliphatic heterocycles. The summed E-state index contributed by atoms with van der Waals surface area (Å²) >= 11 is 0. The minimum Gasteiger partial charge on any atom is -0.301 e. The van der Waals surface area contributed by atoms with Crippen molar-refractivity contribution >= 4 is 12.4 Å². The van der Waals surface area contributed by atoms with Gasteiger partial charge in [0.2, 0.25) is 0 Å². The molecule has 0 bridgehead atoms. The molecule has 18 heavy (non-hydrogen) atoms. The van der Waals surface area contributed by atoms with Crippen molar-refractivity contribution in [1.29, 1.82) is 5.26 Å². The Morgan fingerprint density at radius 3 is 2.39 bits per heavy atom. The van der Waals surface area contributed by atoms with Crippen molar-refractivity contribution in [3.05, 3.63) is 40.8 Å². The Labute approximate surface area is 113 Å². The number of hydrogen-bond donors (Lipinski definition) is 0. The molecule has 6 heteroatoms. The molecule has 0 saturated heterocycles. The highest BCUT2D eigenvalue weighted by atomic mass is 35.5. The molecule has 1 rings (SSSR count). The van der Waals surface area contributed by atoms with Crippen molar-refractivity contribution in [2.45, 2.75) is 6.04 Å². The Hall–Kier alpha value is -1.64. The summed E-state index contributed by atoms with van der Waals surface area (Å²) in [6, 6.07) is 11.8. The topological polar surface area (TPSA) is 59.7 Å². The molecule has 0 aromatic heterocycles. The SMILES string of the molecule is CN(C)C(CN(CC#N)N=O)c1ccccc1.Cl. The van der Waals surface area contributed by atoms with Crippen molar-refractivity contribution in [1.82, 2.24) is 9.91 Å². The molecule has 0 aliphatic carbocycles. The highest BCUT2D eigenvalue weighted by molar-refractivity contribution is 5.85. The summed E-state index contributed by atoms with van der Waals surface area (Å²) in [5.41, 5.74) is 1.10. The normalized spacial score (nSPS) is 11.2. The standard InChI is InChI=1S/C12H16N4O.ClH/c1-15(2)12(10-16(14-17)9-8-13)11-6-4-3-5-7-11;/h3-7,12H,9-10H2,1-2H3;1H. The van der Waals surface area contributed by atoms with E-state index in [-0.39, 0.29) is 25.0 Å². The van der Waals surface area contributed by atoms with Gasteiger partial charge >= 0.3 is 0 Å². The fourth-order valence-electron chi connectivity index (χ4n) is 1.65. The van der Waals surface area contributed by atoms with Gasteiger partial charge in [0.15, 0.2) is 0 Å². The van der Waals surface area contributed by atoms with Crippen LogP contribution >= 0.6 is 12.4 Å². The summed E-state index contributed by atoms with van der Waals surface area (Å²) in [5, 5.41) is 12.7. The lowest BCUT2D eigenvalue weighted by Crippen LogP contribution is -2.32. The van der Waals surface area contributed by atoms with E-state index in [1.165, 1.54) is 5.01 Å². The highest BCUT2D eigenvalue weighted by Gasteiger charge is 2.17. The number of rotatable bonds is 6. The van der Waals surface area contributed by atoms with Crippen LogP contribution in [0.2, 0.25) is 0 Å². The number of likely N-dealkylation sites (N-methyl/N-ethyl adjacent to an activating group) is 1. The van der Waals surface area contributed by atoms with Crippen molar-refractivity contribution in [2.75, 3.05) is 27.2 Å². The maximum absolute atomic E-state index is 10.6. The quantitative estimate of drug-likeness (QED) is 0.451. The molecular formula is C12H17ClN4O. The van der Waals surface area contributed by atoms with E-state index >= 15 is 0 Å². The summed E-state index contributed by atoms with van der Waals surface area (Å²) in [7, 11) is 3.88. The van der Waals surface area contributed by atoms with E-state index in [1.807, 2.05) is 55.4 Å². The van der Waals surface area contributed by atoms with Crippen molar-refractivity contribution < 1.29 is 0 Å². The van der Waals surface area contributed by atoms with E-state index < -0.39 is 0 Å². The number of nitrogens with zero attached hydrogens (tertiary/aromatic N) is 4. The van der Waals surface area contributed by atoms with Gasteiger partial charge in [0.1, 0.15) is 6.54 Å². The smallest absolute Gasteiger partial charge is 0.126 e. The Kier molecular flexibility index (Phi) is 7.68. The van der Waals surface area contributed by atoms with Crippen molar-refractivity contribution in [3.8, 4) is 6.07 Å². The highest BCUT2D eigenvalue weighted by Crippen LogP contribution is 2.19. The average molecular weight is 269 g/mol. The molecule has 0 N–H and O–H groups in total. The van der Waals surface area contributed by atoms with Crippen LogP contribution in [0.15, 0.2) is 35.6 Å². The zero-order valence-corrected chi connectivity index (χ0v) is 11.3. The summed E-state index contributed by atoms with van der Waals surface area (Å²) in [6.45, 7) is 0.425. The third-order valence-electron chi connectivity index (χ3n) is 2.56. The van der Waals surface area contributed by atoms with Gasteiger partial charge < -0.3 is 4.90 Å². The van der Waals surface area contributed by atoms with E-state index in [0.29, 0.717) is 6.54 Å². The molecule has 0 heterocycles. The number of benzene rings is 1. The lowest BCUT2D eigenvalue weighted by atomic mass is 10.1. The fraction of sp³-hybridized carbons (Fsp3) is 0.417. The molecule has 1 unspecified atom stereocenters. The Morgan fingerprint density at radius 2 is 1.94 bits per heavy atom. The number of hydrogen-bond acceptors (Lipinski definition) is 4. The lowest BCUT2D eigenvalue weighted by molar-refractivity contribution is 0.200. The molecule has 0 aliphatic rings. The van der Waals surface area contributed by atoms with Crippen LogP contribution in [-0.2, 0) is 0 Å². The van der Waals surface area contributed by atoms with Crippen LogP contribution < -0.4 is 0 Å². The van der Waals surface area contributed by atoms with Gasteiger partial charge in [0.05, 0.1) is 23.9 Å². The van der Waals surface area contributed by atoms with Gasteiger partial charge in [-0.2, -0.15) is 5.26 Å². The molecular weight excluding hydrogens is 252 g/mol. The molecule has 1 aromatic carbocycles. The van der Waals surface area contributed by atoms with E-state index in [1.54, 1.807) is 0 Å². The zero-order valence-electron chi connectivity index (χ0n) is 10.5. The van der Waals surface area contributed by atoms with E-state index in [9.17, 15) is 4.91 Å². The van der Waals surface area contributed by atoms with Crippen LogP contribution in [0.4, 0.5) is 0 Å². The van der Waals surface area contributed by atoms with E-state index in [2.05, 4.69) is 5.29 Å². The second-order valence-corrected chi connectivity index (χ2v) is 3.98. The Morgan fingerprint density at radius 1 is 1.33 bits per heavy atom. The molecule has 0 saturated carbocycles. The minimum atomic E-state index is 0. The summed E-state index contributed by atoms with van der Waals surface area (Å²) in [5.74, 6) is 0. The molecule has 0 fully saturated rings. The monoisotopic (exact) mass is 268 g/mol. The van der Waals surface area contributed by atoms with Gasteiger partial charge in [-0.05, 0) is 19.7 Å². The lowest BCUT2D eigenvalue weighted by Gasteiger charge is -2.27. The number of nitriles is 1. The third kappa shape index (κ3) is 4.70. The first kappa shape index (κ1) is 16.4. The van der Waals surface area contributed by atoms with Gasteiger partial charge in [0.25, 0.3) is 0 Å². The molecule has 0 amide bonds. The van der Waals surface area contributed by atoms with Crippen LogP contribution in [-0.4, -0.2) is 37.1 Å². The Bertz CT molecular complexity index is 391. The van der Waals surface area contributed by atoms with Crippen molar-refractivity contribution in [3.63, 3.8) is 0 Å². The van der Waals surface area contributed by atoms with Gasteiger partial charge in [-0.1, -0.05) is 30.3 Å². The van der Waals surface area contributed by atoms with Crippen LogP contribution in [0.5, 0.6) is 0 Å². The largest absolute Gasteiger partial charge is 0.301 e. The maximum atomic E-state index is 10.6. The zero-order chi connectivity index (χ0) is 12.7. The van der Waals surface area contributed by atoms with Gasteiger partial charge in [0, 0.05) is 0 Å². The Balaban J connectivity index is 0.00000289. The van der Waals surface area contributed by atoms with Crippen LogP contribution in [0.25, 0.3) is 0 Å². The summed E-state index contributed by atoms with van der Waals surface area (Å²) in [6.07, 6.45) is 0. The predicted molar refractivity (Wildman–Crippen MR) is 73.1 cm³/mol. The molecule has 1 atom stereocenters. The van der Waals surface area contributed by atoms with Gasteiger partial charge in [-0.15, -0.1) is 17.3 Å². The average Bonchev–Trinajstić information content (AvgIpc) is 2.35. The fourth-order valence-corrected chi connectivity index (χ4v) is 1.65. The van der Waals surface area contributed by atoms with Gasteiger partial charge in [-0.3, -0.25) is 0 Å². The molecule has 1 aromatic rings. The second-order valence-electron chi connectivity index (χ2n) is 3.98. The van der Waals surface area contributed by atoms with Crippen molar-refractivity contribution in [2.24, 2.45) is 5.29 Å². The molecule has 98 valence electrons. The molecule has 0 spiro atoms. The second kappa shape index (κ2) is 8.45. The first-order valence-corrected chi connectivity index (χ1v) is 5.35. The first-order valence-electron chi connectivity index (χ1n) is 5.35. The molecule has 0 radical (unpaired) electrons. The first-order chi connectivity index (χ1) is 8.19. The summed E-state index contributed by atoms with van der Waals surface area (Å²) < 4.78 is 0. The van der Waals surface area contributed by atoms with Crippen LogP contribution in [0.1, 0.15) is 11.6 Å². The maximum Gasteiger partial charge on any atom is 0.126 e. The summed E-state index contributed by atoms with van der Waals surface area (Å²) in [4.78, 5) is 12.6. The predicted octanol–water partition coefficient (Wildman–Crippen LogP) is 2.22.